The van der Waals surface area contributed by atoms with Gasteiger partial charge >= 0.3 is 0 Å². The molecule has 98 valence electrons. The molecule has 0 bridgehead atoms. The zero-order valence-electron chi connectivity index (χ0n) is 10.1. The van der Waals surface area contributed by atoms with Gasteiger partial charge in [0.05, 0.1) is 6.61 Å². The van der Waals surface area contributed by atoms with Crippen LogP contribution in [0.25, 0.3) is 0 Å². The summed E-state index contributed by atoms with van der Waals surface area (Å²) in [6, 6.07) is 5.38. The number of carbonyl (C=O) groups excluding carboxylic acids is 1. The SMILES string of the molecule is CN(CCO)C(=O)C1CC1c1ccc(Cl)cc1Cl. The first-order valence-corrected chi connectivity index (χ1v) is 6.61. The van der Waals surface area contributed by atoms with Crippen LogP contribution in [0.4, 0.5) is 0 Å². The first-order chi connectivity index (χ1) is 8.54. The van der Waals surface area contributed by atoms with E-state index in [1.807, 2.05) is 6.07 Å². The number of aliphatic hydroxyl groups excluding tert-OH is 1. The minimum absolute atomic E-state index is 0.0126. The number of aliphatic hydroxyl groups is 1. The monoisotopic (exact) mass is 287 g/mol. The Hall–Kier alpha value is -0.770. The number of benzene rings is 1. The molecular weight excluding hydrogens is 273 g/mol. The normalized spacial score (nSPS) is 21.8. The van der Waals surface area contributed by atoms with Crippen LogP contribution in [-0.2, 0) is 4.79 Å². The highest BCUT2D eigenvalue weighted by Gasteiger charge is 2.45. The number of rotatable bonds is 4. The van der Waals surface area contributed by atoms with Crippen molar-refractivity contribution in [3.8, 4) is 0 Å². The third kappa shape index (κ3) is 2.79. The molecule has 1 aliphatic carbocycles. The lowest BCUT2D eigenvalue weighted by molar-refractivity contribution is -0.131. The van der Waals surface area contributed by atoms with E-state index in [0.29, 0.717) is 16.6 Å². The van der Waals surface area contributed by atoms with Gasteiger partial charge < -0.3 is 10.0 Å². The van der Waals surface area contributed by atoms with Crippen LogP contribution in [-0.4, -0.2) is 36.1 Å². The molecule has 5 heteroatoms. The van der Waals surface area contributed by atoms with Gasteiger partial charge in [0.15, 0.2) is 0 Å². The maximum Gasteiger partial charge on any atom is 0.226 e. The van der Waals surface area contributed by atoms with Crippen molar-refractivity contribution in [2.24, 2.45) is 5.92 Å². The Morgan fingerprint density at radius 1 is 1.50 bits per heavy atom. The number of halogens is 2. The molecule has 1 amide bonds. The van der Waals surface area contributed by atoms with Gasteiger partial charge in [-0.1, -0.05) is 29.3 Å². The minimum atomic E-state index is -0.0137. The van der Waals surface area contributed by atoms with Crippen molar-refractivity contribution in [1.82, 2.24) is 4.90 Å². The Bertz CT molecular complexity index is 464. The van der Waals surface area contributed by atoms with Gasteiger partial charge in [-0.15, -0.1) is 0 Å². The van der Waals surface area contributed by atoms with E-state index in [1.165, 1.54) is 0 Å². The fraction of sp³-hybridized carbons (Fsp3) is 0.462. The molecular formula is C13H15Cl2NO2. The number of hydrogen-bond acceptors (Lipinski definition) is 2. The highest BCUT2D eigenvalue weighted by molar-refractivity contribution is 6.35. The fourth-order valence-corrected chi connectivity index (χ4v) is 2.71. The van der Waals surface area contributed by atoms with E-state index in [0.717, 1.165) is 12.0 Å². The first kappa shape index (κ1) is 13.7. The lowest BCUT2D eigenvalue weighted by atomic mass is 10.1. The van der Waals surface area contributed by atoms with Crippen molar-refractivity contribution in [1.29, 1.82) is 0 Å². The second-order valence-corrected chi connectivity index (χ2v) is 5.44. The van der Waals surface area contributed by atoms with E-state index in [2.05, 4.69) is 0 Å². The van der Waals surface area contributed by atoms with Gasteiger partial charge in [-0.05, 0) is 30.0 Å². The molecule has 18 heavy (non-hydrogen) atoms. The van der Waals surface area contributed by atoms with Gasteiger partial charge in [-0.25, -0.2) is 0 Å². The molecule has 0 spiro atoms. The Balaban J connectivity index is 2.04. The standard InChI is InChI=1S/C13H15Cl2NO2/c1-16(4-5-17)13(18)11-7-10(11)9-3-2-8(14)6-12(9)15/h2-3,6,10-11,17H,4-5,7H2,1H3. The fourth-order valence-electron chi connectivity index (χ4n) is 2.16. The van der Waals surface area contributed by atoms with Crippen molar-refractivity contribution in [2.75, 3.05) is 20.2 Å². The first-order valence-electron chi connectivity index (χ1n) is 5.85. The minimum Gasteiger partial charge on any atom is -0.395 e. The summed E-state index contributed by atoms with van der Waals surface area (Å²) < 4.78 is 0. The highest BCUT2D eigenvalue weighted by Crippen LogP contribution is 2.50. The summed E-state index contributed by atoms with van der Waals surface area (Å²) in [5.41, 5.74) is 0.983. The summed E-state index contributed by atoms with van der Waals surface area (Å²) in [6.07, 6.45) is 0.815. The van der Waals surface area contributed by atoms with Gasteiger partial charge in [0.25, 0.3) is 0 Å². The third-order valence-corrected chi connectivity index (χ3v) is 3.84. The van der Waals surface area contributed by atoms with Crippen LogP contribution in [0, 0.1) is 5.92 Å². The Morgan fingerprint density at radius 2 is 2.22 bits per heavy atom. The van der Waals surface area contributed by atoms with Gasteiger partial charge in [-0.2, -0.15) is 0 Å². The smallest absolute Gasteiger partial charge is 0.226 e. The predicted octanol–water partition coefficient (Wildman–Crippen LogP) is 2.55. The predicted molar refractivity (Wildman–Crippen MR) is 72.0 cm³/mol. The van der Waals surface area contributed by atoms with E-state index in [4.69, 9.17) is 28.3 Å². The average Bonchev–Trinajstić information content (AvgIpc) is 3.08. The summed E-state index contributed by atoms with van der Waals surface area (Å²) in [4.78, 5) is 13.6. The summed E-state index contributed by atoms with van der Waals surface area (Å²) >= 11 is 12.0. The van der Waals surface area contributed by atoms with Crippen molar-refractivity contribution >= 4 is 29.1 Å². The van der Waals surface area contributed by atoms with Crippen LogP contribution < -0.4 is 0 Å². The summed E-state index contributed by atoms with van der Waals surface area (Å²) in [7, 11) is 1.71. The molecule has 1 aliphatic rings. The number of hydrogen-bond donors (Lipinski definition) is 1. The Labute approximate surface area is 116 Å². The lowest BCUT2D eigenvalue weighted by Gasteiger charge is -2.15. The van der Waals surface area contributed by atoms with E-state index >= 15 is 0 Å². The molecule has 2 atom stereocenters. The van der Waals surface area contributed by atoms with E-state index in [9.17, 15) is 4.79 Å². The molecule has 3 nitrogen and oxygen atoms in total. The van der Waals surface area contributed by atoms with E-state index in [1.54, 1.807) is 24.1 Å². The maximum atomic E-state index is 12.0. The molecule has 2 unspecified atom stereocenters. The second-order valence-electron chi connectivity index (χ2n) is 4.60. The van der Waals surface area contributed by atoms with Crippen LogP contribution in [0.2, 0.25) is 10.0 Å². The Morgan fingerprint density at radius 3 is 2.83 bits per heavy atom. The third-order valence-electron chi connectivity index (χ3n) is 3.28. The lowest BCUT2D eigenvalue weighted by Crippen LogP contribution is -2.31. The summed E-state index contributed by atoms with van der Waals surface area (Å²) in [6.45, 7) is 0.359. The maximum absolute atomic E-state index is 12.0. The van der Waals surface area contributed by atoms with E-state index < -0.39 is 0 Å². The molecule has 1 aromatic rings. The molecule has 2 rings (SSSR count). The molecule has 0 aliphatic heterocycles. The molecule has 0 heterocycles. The molecule has 1 aromatic carbocycles. The highest BCUT2D eigenvalue weighted by atomic mass is 35.5. The van der Waals surface area contributed by atoms with Gasteiger partial charge in [0.1, 0.15) is 0 Å². The van der Waals surface area contributed by atoms with Gasteiger partial charge in [-0.3, -0.25) is 4.79 Å². The molecule has 0 aromatic heterocycles. The van der Waals surface area contributed by atoms with Gasteiger partial charge in [0.2, 0.25) is 5.91 Å². The van der Waals surface area contributed by atoms with Crippen molar-refractivity contribution in [3.05, 3.63) is 33.8 Å². The largest absolute Gasteiger partial charge is 0.395 e. The van der Waals surface area contributed by atoms with Crippen LogP contribution >= 0.6 is 23.2 Å². The second kappa shape index (κ2) is 5.47. The topological polar surface area (TPSA) is 40.5 Å². The van der Waals surface area contributed by atoms with Crippen LogP contribution in [0.3, 0.4) is 0 Å². The zero-order chi connectivity index (χ0) is 13.3. The number of carbonyl (C=O) groups is 1. The number of likely N-dealkylation sites (N-methyl/N-ethyl adjacent to an activating group) is 1. The molecule has 1 saturated carbocycles. The number of nitrogens with zero attached hydrogens (tertiary/aromatic N) is 1. The van der Waals surface area contributed by atoms with Crippen molar-refractivity contribution < 1.29 is 9.90 Å². The Kier molecular flexibility index (Phi) is 4.15. The van der Waals surface area contributed by atoms with Crippen LogP contribution in [0.15, 0.2) is 18.2 Å². The van der Waals surface area contributed by atoms with Crippen LogP contribution in [0.5, 0.6) is 0 Å². The van der Waals surface area contributed by atoms with Crippen molar-refractivity contribution in [2.45, 2.75) is 12.3 Å². The van der Waals surface area contributed by atoms with Crippen LogP contribution in [0.1, 0.15) is 17.9 Å². The quantitative estimate of drug-likeness (QED) is 0.925. The zero-order valence-corrected chi connectivity index (χ0v) is 11.6. The molecule has 1 fully saturated rings. The summed E-state index contributed by atoms with van der Waals surface area (Å²) in [5.74, 6) is 0.240. The van der Waals surface area contributed by atoms with Crippen molar-refractivity contribution in [3.63, 3.8) is 0 Å². The molecule has 1 N–H and O–H groups in total. The average molecular weight is 288 g/mol. The molecule has 0 saturated heterocycles. The number of amides is 1. The molecule has 0 radical (unpaired) electrons. The van der Waals surface area contributed by atoms with E-state index in [-0.39, 0.29) is 24.3 Å². The summed E-state index contributed by atoms with van der Waals surface area (Å²) in [5, 5.41) is 10.0. The van der Waals surface area contributed by atoms with Gasteiger partial charge in [0, 0.05) is 29.6 Å².